The molecule has 1 atom stereocenters. The lowest BCUT2D eigenvalue weighted by molar-refractivity contribution is -0.119. The molecule has 0 bridgehead atoms. The highest BCUT2D eigenvalue weighted by Crippen LogP contribution is 2.22. The second-order valence-corrected chi connectivity index (χ2v) is 5.11. The van der Waals surface area contributed by atoms with Crippen LogP contribution in [0.2, 0.25) is 0 Å². The summed E-state index contributed by atoms with van der Waals surface area (Å²) in [6.45, 7) is 6.81. The minimum Gasteiger partial charge on any atom is -0.345 e. The molecule has 0 aromatic rings. The van der Waals surface area contributed by atoms with Crippen LogP contribution in [0.5, 0.6) is 0 Å². The van der Waals surface area contributed by atoms with E-state index in [4.69, 9.17) is 0 Å². The zero-order valence-electron chi connectivity index (χ0n) is 9.69. The lowest BCUT2D eigenvalue weighted by Gasteiger charge is -2.41. The number of amides is 1. The van der Waals surface area contributed by atoms with E-state index in [1.54, 1.807) is 0 Å². The van der Waals surface area contributed by atoms with Crippen molar-refractivity contribution in [1.29, 1.82) is 0 Å². The highest BCUT2D eigenvalue weighted by molar-refractivity contribution is 5.47. The molecule has 2 rings (SSSR count). The normalized spacial score (nSPS) is 30.5. The van der Waals surface area contributed by atoms with Crippen molar-refractivity contribution >= 4 is 6.41 Å². The molecule has 3 heteroatoms. The number of hydrogen-bond donors (Lipinski definition) is 0. The standard InChI is InChI=1S/C12H22N2O/c1-11-3-2-6-14(9-11)12-4-7-13(10-15)8-5-12/h10-12H,2-9H2,1H3. The van der Waals surface area contributed by atoms with Crippen molar-refractivity contribution in [1.82, 2.24) is 9.80 Å². The average Bonchev–Trinajstić information content (AvgIpc) is 2.29. The molecular formula is C12H22N2O. The molecule has 15 heavy (non-hydrogen) atoms. The molecule has 1 amide bonds. The van der Waals surface area contributed by atoms with Crippen molar-refractivity contribution in [3.05, 3.63) is 0 Å². The van der Waals surface area contributed by atoms with Gasteiger partial charge in [0.25, 0.3) is 0 Å². The Labute approximate surface area is 92.4 Å². The number of piperidine rings is 2. The van der Waals surface area contributed by atoms with E-state index in [0.717, 1.165) is 31.5 Å². The second-order valence-electron chi connectivity index (χ2n) is 5.11. The molecule has 0 N–H and O–H groups in total. The molecule has 0 aliphatic carbocycles. The number of carbonyl (C=O) groups excluding carboxylic acids is 1. The molecule has 3 nitrogen and oxygen atoms in total. The summed E-state index contributed by atoms with van der Waals surface area (Å²) in [6.07, 6.45) is 6.09. The van der Waals surface area contributed by atoms with Crippen molar-refractivity contribution in [3.63, 3.8) is 0 Å². The highest BCUT2D eigenvalue weighted by Gasteiger charge is 2.26. The Morgan fingerprint density at radius 2 is 1.87 bits per heavy atom. The van der Waals surface area contributed by atoms with Gasteiger partial charge in [-0.2, -0.15) is 0 Å². The largest absolute Gasteiger partial charge is 0.345 e. The third-order valence-electron chi connectivity index (χ3n) is 3.85. The molecule has 0 radical (unpaired) electrons. The number of rotatable bonds is 2. The topological polar surface area (TPSA) is 23.6 Å². The first-order valence-corrected chi connectivity index (χ1v) is 6.23. The van der Waals surface area contributed by atoms with Crippen LogP contribution in [0.25, 0.3) is 0 Å². The first-order chi connectivity index (χ1) is 7.29. The van der Waals surface area contributed by atoms with E-state index in [1.165, 1.54) is 38.8 Å². The van der Waals surface area contributed by atoms with E-state index < -0.39 is 0 Å². The van der Waals surface area contributed by atoms with Gasteiger partial charge in [0.15, 0.2) is 0 Å². The molecule has 2 fully saturated rings. The molecule has 2 saturated heterocycles. The van der Waals surface area contributed by atoms with Gasteiger partial charge < -0.3 is 4.90 Å². The van der Waals surface area contributed by atoms with Crippen LogP contribution in [0, 0.1) is 5.92 Å². The summed E-state index contributed by atoms with van der Waals surface area (Å²) in [6, 6.07) is 0.740. The predicted molar refractivity (Wildman–Crippen MR) is 60.6 cm³/mol. The zero-order chi connectivity index (χ0) is 10.7. The lowest BCUT2D eigenvalue weighted by atomic mass is 9.95. The van der Waals surface area contributed by atoms with Crippen LogP contribution in [0.1, 0.15) is 32.6 Å². The Morgan fingerprint density at radius 1 is 1.13 bits per heavy atom. The van der Waals surface area contributed by atoms with Crippen molar-refractivity contribution < 1.29 is 4.79 Å². The van der Waals surface area contributed by atoms with Gasteiger partial charge in [-0.1, -0.05) is 6.92 Å². The Hall–Kier alpha value is -0.570. The Kier molecular flexibility index (Phi) is 3.62. The monoisotopic (exact) mass is 210 g/mol. The van der Waals surface area contributed by atoms with E-state index in [1.807, 2.05) is 4.90 Å². The number of likely N-dealkylation sites (tertiary alicyclic amines) is 2. The van der Waals surface area contributed by atoms with E-state index in [-0.39, 0.29) is 0 Å². The fourth-order valence-electron chi connectivity index (χ4n) is 2.91. The number of hydrogen-bond acceptors (Lipinski definition) is 2. The van der Waals surface area contributed by atoms with E-state index in [0.29, 0.717) is 0 Å². The summed E-state index contributed by atoms with van der Waals surface area (Å²) in [5.74, 6) is 0.864. The molecule has 2 aliphatic rings. The van der Waals surface area contributed by atoms with Crippen LogP contribution in [0.4, 0.5) is 0 Å². The molecule has 0 aromatic heterocycles. The van der Waals surface area contributed by atoms with E-state index in [9.17, 15) is 4.79 Å². The first kappa shape index (κ1) is 10.9. The minimum atomic E-state index is 0.740. The van der Waals surface area contributed by atoms with E-state index >= 15 is 0 Å². The van der Waals surface area contributed by atoms with Gasteiger partial charge in [0.05, 0.1) is 0 Å². The SMILES string of the molecule is CC1CCCN(C2CCN(C=O)CC2)C1. The fraction of sp³-hybridized carbons (Fsp3) is 0.917. The van der Waals surface area contributed by atoms with Gasteiger partial charge >= 0.3 is 0 Å². The zero-order valence-corrected chi connectivity index (χ0v) is 9.69. The van der Waals surface area contributed by atoms with Crippen LogP contribution >= 0.6 is 0 Å². The highest BCUT2D eigenvalue weighted by atomic mass is 16.1. The van der Waals surface area contributed by atoms with Gasteiger partial charge in [0.2, 0.25) is 6.41 Å². The smallest absolute Gasteiger partial charge is 0.209 e. The van der Waals surface area contributed by atoms with Crippen LogP contribution in [-0.2, 0) is 4.79 Å². The van der Waals surface area contributed by atoms with E-state index in [2.05, 4.69) is 11.8 Å². The quantitative estimate of drug-likeness (QED) is 0.642. The Balaban J connectivity index is 1.81. The molecule has 0 spiro atoms. The molecule has 0 saturated carbocycles. The van der Waals surface area contributed by atoms with Crippen molar-refractivity contribution in [2.75, 3.05) is 26.2 Å². The summed E-state index contributed by atoms with van der Waals surface area (Å²) in [4.78, 5) is 15.2. The molecule has 2 heterocycles. The van der Waals surface area contributed by atoms with Crippen LogP contribution < -0.4 is 0 Å². The molecule has 86 valence electrons. The maximum absolute atomic E-state index is 10.6. The third kappa shape index (κ3) is 2.71. The number of carbonyl (C=O) groups is 1. The molecule has 0 aromatic carbocycles. The van der Waals surface area contributed by atoms with Gasteiger partial charge in [0.1, 0.15) is 0 Å². The van der Waals surface area contributed by atoms with Gasteiger partial charge in [-0.15, -0.1) is 0 Å². The van der Waals surface area contributed by atoms with Gasteiger partial charge in [-0.05, 0) is 38.1 Å². The maximum Gasteiger partial charge on any atom is 0.209 e. The average molecular weight is 210 g/mol. The van der Waals surface area contributed by atoms with Crippen molar-refractivity contribution in [2.45, 2.75) is 38.6 Å². The summed E-state index contributed by atoms with van der Waals surface area (Å²) in [7, 11) is 0. The van der Waals surface area contributed by atoms with Crippen LogP contribution in [0.3, 0.4) is 0 Å². The Bertz CT molecular complexity index is 212. The van der Waals surface area contributed by atoms with Crippen LogP contribution in [0.15, 0.2) is 0 Å². The third-order valence-corrected chi connectivity index (χ3v) is 3.85. The summed E-state index contributed by atoms with van der Waals surface area (Å²) < 4.78 is 0. The van der Waals surface area contributed by atoms with Crippen LogP contribution in [-0.4, -0.2) is 48.4 Å². The first-order valence-electron chi connectivity index (χ1n) is 6.23. The van der Waals surface area contributed by atoms with Gasteiger partial charge in [0, 0.05) is 25.7 Å². The van der Waals surface area contributed by atoms with Crippen molar-refractivity contribution in [3.8, 4) is 0 Å². The summed E-state index contributed by atoms with van der Waals surface area (Å²) in [5.41, 5.74) is 0. The lowest BCUT2D eigenvalue weighted by Crippen LogP contribution is -2.47. The van der Waals surface area contributed by atoms with Gasteiger partial charge in [-0.3, -0.25) is 9.69 Å². The summed E-state index contributed by atoms with van der Waals surface area (Å²) in [5, 5.41) is 0. The molecule has 1 unspecified atom stereocenters. The minimum absolute atomic E-state index is 0.740. The predicted octanol–water partition coefficient (Wildman–Crippen LogP) is 1.34. The number of nitrogens with zero attached hydrogens (tertiary/aromatic N) is 2. The second kappa shape index (κ2) is 4.97. The maximum atomic E-state index is 10.6. The van der Waals surface area contributed by atoms with Gasteiger partial charge in [-0.25, -0.2) is 0 Å². The Morgan fingerprint density at radius 3 is 2.47 bits per heavy atom. The van der Waals surface area contributed by atoms with Crippen molar-refractivity contribution in [2.24, 2.45) is 5.92 Å². The summed E-state index contributed by atoms with van der Waals surface area (Å²) >= 11 is 0. The molecule has 2 aliphatic heterocycles. The fourth-order valence-corrected chi connectivity index (χ4v) is 2.91. The molecular weight excluding hydrogens is 188 g/mol.